The van der Waals surface area contributed by atoms with Gasteiger partial charge in [0.25, 0.3) is 5.91 Å². The molecule has 5 aliphatic rings. The van der Waals surface area contributed by atoms with E-state index in [2.05, 4.69) is 65.4 Å². The van der Waals surface area contributed by atoms with Crippen LogP contribution in [0, 0.1) is 0 Å². The van der Waals surface area contributed by atoms with E-state index in [-0.39, 0.29) is 36.4 Å². The molecule has 3 amide bonds. The van der Waals surface area contributed by atoms with Crippen molar-refractivity contribution in [3.8, 4) is 5.69 Å². The van der Waals surface area contributed by atoms with Crippen LogP contribution in [0.4, 0.5) is 24.5 Å². The summed E-state index contributed by atoms with van der Waals surface area (Å²) >= 11 is 0. The Labute approximate surface area is 408 Å². The predicted octanol–water partition coefficient (Wildman–Crippen LogP) is 4.78. The standard InChI is InChI=1S/C52H56F3N11O5/c1-59-33-56-58-49(59)51(27-41(28-51)71-2)37-4-3-5-40(26-37)64-32-45-43(52(53,54)55)24-35(30-66(45)50(64)70)29-61-18-16-60(17-19-61)15-14-34-6-8-38(9-7-34)62-20-22-63(23-21-62)39-10-11-42-36(25-39)31-65(48(42)69)44-12-13-46(67)57-47(44)68/h3-11,24-26,30,32-33,41,44H,12-23,27-29,31H2,1-2H3,(H,57,67,68)/t41?,44-,51?/m0/s1. The number of nitrogens with zero attached hydrogens (tertiary/aromatic N) is 10. The highest BCUT2D eigenvalue weighted by Crippen LogP contribution is 2.49. The van der Waals surface area contributed by atoms with Gasteiger partial charge in [0.1, 0.15) is 18.2 Å². The maximum absolute atomic E-state index is 14.7. The average molecular weight is 972 g/mol. The smallest absolute Gasteiger partial charge is 0.381 e. The fraction of sp³-hybridized carbons (Fsp3) is 0.423. The highest BCUT2D eigenvalue weighted by atomic mass is 19.4. The Kier molecular flexibility index (Phi) is 12.1. The zero-order valence-electron chi connectivity index (χ0n) is 39.8. The van der Waals surface area contributed by atoms with Crippen LogP contribution in [0.15, 0.2) is 96.3 Å². The van der Waals surface area contributed by atoms with Gasteiger partial charge in [-0.05, 0) is 96.5 Å². The van der Waals surface area contributed by atoms with Gasteiger partial charge < -0.3 is 28.9 Å². The van der Waals surface area contributed by atoms with E-state index in [9.17, 15) is 32.3 Å². The molecule has 0 spiro atoms. The molecule has 6 aromatic rings. The van der Waals surface area contributed by atoms with Gasteiger partial charge in [0.15, 0.2) is 0 Å². The average Bonchev–Trinajstić information content (AvgIpc) is 4.04. The number of hydrogen-bond acceptors (Lipinski definition) is 11. The van der Waals surface area contributed by atoms with Gasteiger partial charge in [0.05, 0.1) is 28.3 Å². The zero-order chi connectivity index (χ0) is 49.2. The third-order valence-corrected chi connectivity index (χ3v) is 15.5. The van der Waals surface area contributed by atoms with Gasteiger partial charge in [-0.15, -0.1) is 10.2 Å². The van der Waals surface area contributed by atoms with E-state index in [0.717, 1.165) is 79.3 Å². The third kappa shape index (κ3) is 8.77. The molecule has 370 valence electrons. The molecule has 0 bridgehead atoms. The lowest BCUT2D eigenvalue weighted by Crippen LogP contribution is -2.52. The molecule has 1 N–H and O–H groups in total. The number of aryl methyl sites for hydroxylation is 1. The van der Waals surface area contributed by atoms with Crippen LogP contribution in [-0.4, -0.2) is 134 Å². The highest BCUT2D eigenvalue weighted by Gasteiger charge is 2.50. The number of piperidine rings is 1. The summed E-state index contributed by atoms with van der Waals surface area (Å²) in [7, 11) is 3.55. The molecule has 71 heavy (non-hydrogen) atoms. The van der Waals surface area contributed by atoms with E-state index in [1.165, 1.54) is 28.1 Å². The molecule has 7 heterocycles. The Morgan fingerprint density at radius 1 is 0.803 bits per heavy atom. The van der Waals surface area contributed by atoms with Crippen molar-refractivity contribution in [3.05, 3.63) is 141 Å². The number of fused-ring (bicyclic) bond motifs is 2. The maximum Gasteiger partial charge on any atom is 0.418 e. The SMILES string of the molecule is COC1CC(c2cccc(-n3cc4c(C(F)(F)F)cc(CN5CCN(CCc6ccc(N7CCN(c8ccc9c(c8)CN([C@H]8CCC(=O)NC8=O)C9=O)CC7)cc6)CC5)cn4c3=O)c2)(c2nncn2C)C1. The molecule has 1 saturated carbocycles. The Morgan fingerprint density at radius 3 is 2.21 bits per heavy atom. The number of amides is 3. The molecule has 3 aromatic heterocycles. The van der Waals surface area contributed by atoms with E-state index >= 15 is 0 Å². The van der Waals surface area contributed by atoms with Gasteiger partial charge in [0.2, 0.25) is 11.8 Å². The van der Waals surface area contributed by atoms with Crippen LogP contribution >= 0.6 is 0 Å². The number of carbonyl (C=O) groups excluding carboxylic acids is 3. The molecular weight excluding hydrogens is 916 g/mol. The van der Waals surface area contributed by atoms with E-state index < -0.39 is 34.8 Å². The number of alkyl halides is 3. The van der Waals surface area contributed by atoms with Crippen molar-refractivity contribution in [2.75, 3.05) is 75.8 Å². The first-order valence-electron chi connectivity index (χ1n) is 24.4. The number of hydrogen-bond donors (Lipinski definition) is 1. The Hall–Kier alpha value is -6.83. The molecule has 16 nitrogen and oxygen atoms in total. The number of anilines is 2. The normalized spacial score (nSPS) is 22.3. The summed E-state index contributed by atoms with van der Waals surface area (Å²) in [6, 6.07) is 22.6. The van der Waals surface area contributed by atoms with Gasteiger partial charge in [-0.3, -0.25) is 33.6 Å². The first kappa shape index (κ1) is 46.5. The van der Waals surface area contributed by atoms with E-state index in [0.29, 0.717) is 55.7 Å². The van der Waals surface area contributed by atoms with Gasteiger partial charge in [-0.1, -0.05) is 24.3 Å². The molecule has 3 saturated heterocycles. The second-order valence-corrected chi connectivity index (χ2v) is 19.7. The lowest BCUT2D eigenvalue weighted by molar-refractivity contribution is -0.137. The minimum atomic E-state index is -4.68. The Balaban J connectivity index is 0.682. The van der Waals surface area contributed by atoms with Crippen molar-refractivity contribution >= 4 is 34.6 Å². The Morgan fingerprint density at radius 2 is 1.52 bits per heavy atom. The molecule has 4 aliphatic heterocycles. The summed E-state index contributed by atoms with van der Waals surface area (Å²) in [5.74, 6) is -0.116. The third-order valence-electron chi connectivity index (χ3n) is 15.5. The van der Waals surface area contributed by atoms with Crippen molar-refractivity contribution in [2.45, 2.75) is 68.9 Å². The molecule has 19 heteroatoms. The van der Waals surface area contributed by atoms with Gasteiger partial charge in [-0.2, -0.15) is 13.2 Å². The maximum atomic E-state index is 14.7. The fourth-order valence-corrected chi connectivity index (χ4v) is 11.4. The lowest BCUT2D eigenvalue weighted by Gasteiger charge is -2.46. The molecule has 11 rings (SSSR count). The lowest BCUT2D eigenvalue weighted by atomic mass is 9.62. The molecule has 1 aliphatic carbocycles. The molecule has 3 aromatic carbocycles. The minimum Gasteiger partial charge on any atom is -0.381 e. The van der Waals surface area contributed by atoms with Crippen molar-refractivity contribution in [2.24, 2.45) is 7.05 Å². The number of methoxy groups -OCH3 is 1. The molecule has 4 fully saturated rings. The Bertz CT molecular complexity index is 3070. The zero-order valence-corrected chi connectivity index (χ0v) is 39.8. The number of halogens is 3. The van der Waals surface area contributed by atoms with Crippen LogP contribution in [0.1, 0.15) is 69.7 Å². The van der Waals surface area contributed by atoms with Gasteiger partial charge in [0, 0.05) is 122 Å². The summed E-state index contributed by atoms with van der Waals surface area (Å²) < 4.78 is 54.1. The number of rotatable bonds is 12. The summed E-state index contributed by atoms with van der Waals surface area (Å²) in [6.45, 7) is 7.77. The highest BCUT2D eigenvalue weighted by molar-refractivity contribution is 6.05. The first-order chi connectivity index (χ1) is 34.2. The number of benzene rings is 3. The largest absolute Gasteiger partial charge is 0.418 e. The number of pyridine rings is 1. The van der Waals surface area contributed by atoms with Crippen LogP contribution in [0.5, 0.6) is 0 Å². The first-order valence-corrected chi connectivity index (χ1v) is 24.4. The molecular formula is C52H56F3N11O5. The van der Waals surface area contributed by atoms with E-state index in [1.54, 1.807) is 30.6 Å². The summed E-state index contributed by atoms with van der Waals surface area (Å²) in [6.07, 6.45) is 2.58. The van der Waals surface area contributed by atoms with Crippen LogP contribution in [-0.2, 0) is 52.5 Å². The fourth-order valence-electron chi connectivity index (χ4n) is 11.4. The van der Waals surface area contributed by atoms with Crippen molar-refractivity contribution < 1.29 is 32.3 Å². The molecule has 1 atom stereocenters. The summed E-state index contributed by atoms with van der Waals surface area (Å²) in [5.41, 5.74) is 4.61. The second-order valence-electron chi connectivity index (χ2n) is 19.7. The number of imide groups is 1. The monoisotopic (exact) mass is 971 g/mol. The number of piperazine rings is 2. The minimum absolute atomic E-state index is 0.0175. The van der Waals surface area contributed by atoms with Crippen LogP contribution < -0.4 is 20.8 Å². The second kappa shape index (κ2) is 18.4. The molecule has 0 radical (unpaired) electrons. The van der Waals surface area contributed by atoms with E-state index in [1.807, 2.05) is 41.9 Å². The quantitative estimate of drug-likeness (QED) is 0.169. The molecule has 0 unspecified atom stereocenters. The van der Waals surface area contributed by atoms with Crippen molar-refractivity contribution in [1.29, 1.82) is 0 Å². The number of imidazole rings is 1. The van der Waals surface area contributed by atoms with Crippen LogP contribution in [0.25, 0.3) is 11.2 Å². The number of ether oxygens (including phenoxy) is 1. The van der Waals surface area contributed by atoms with Crippen LogP contribution in [0.2, 0.25) is 0 Å². The topological polar surface area (TPSA) is 146 Å². The summed E-state index contributed by atoms with van der Waals surface area (Å²) in [4.78, 5) is 62.2. The van der Waals surface area contributed by atoms with Gasteiger partial charge in [-0.25, -0.2) is 4.79 Å². The number of nitrogens with one attached hydrogen (secondary N) is 1. The van der Waals surface area contributed by atoms with Crippen LogP contribution in [0.3, 0.4) is 0 Å². The van der Waals surface area contributed by atoms with E-state index in [4.69, 9.17) is 4.74 Å². The predicted molar refractivity (Wildman–Crippen MR) is 259 cm³/mol. The van der Waals surface area contributed by atoms with Gasteiger partial charge >= 0.3 is 11.9 Å². The summed E-state index contributed by atoms with van der Waals surface area (Å²) in [5, 5.41) is 10.9. The number of carbonyl (C=O) groups is 3. The number of aromatic nitrogens is 5. The van der Waals surface area contributed by atoms with Crippen molar-refractivity contribution in [3.63, 3.8) is 0 Å². The van der Waals surface area contributed by atoms with Crippen molar-refractivity contribution in [1.82, 2.24) is 43.7 Å².